The van der Waals surface area contributed by atoms with E-state index in [2.05, 4.69) is 0 Å². The standard InChI is InChI=1S/C6H6O.C4H4O4/c7-6-4-2-1-3-5-6;5-3(6)1-2-4(7)8/h1-5,7H;1-2H,(H,5,6)(H,7,8)/b;2-1+. The molecule has 0 fully saturated rings. The van der Waals surface area contributed by atoms with Crippen LogP contribution in [0.15, 0.2) is 42.5 Å². The molecule has 0 heterocycles. The van der Waals surface area contributed by atoms with Crippen molar-refractivity contribution in [3.05, 3.63) is 42.5 Å². The third-order valence-electron chi connectivity index (χ3n) is 1.12. The molecule has 5 nitrogen and oxygen atoms in total. The van der Waals surface area contributed by atoms with Gasteiger partial charge in [-0.2, -0.15) is 0 Å². The smallest absolute Gasteiger partial charge is 0.328 e. The molecule has 0 amide bonds. The first-order chi connectivity index (χ1) is 7.02. The van der Waals surface area contributed by atoms with Crippen molar-refractivity contribution in [3.8, 4) is 5.75 Å². The van der Waals surface area contributed by atoms with E-state index >= 15 is 0 Å². The summed E-state index contributed by atoms with van der Waals surface area (Å²) in [6.45, 7) is 0. The van der Waals surface area contributed by atoms with Crippen LogP contribution in [0.25, 0.3) is 0 Å². The number of carbonyl (C=O) groups is 2. The maximum absolute atomic E-state index is 9.55. The van der Waals surface area contributed by atoms with Gasteiger partial charge in [0.25, 0.3) is 0 Å². The van der Waals surface area contributed by atoms with E-state index in [0.717, 1.165) is 0 Å². The van der Waals surface area contributed by atoms with Crippen LogP contribution in [0, 0.1) is 0 Å². The van der Waals surface area contributed by atoms with E-state index in [-0.39, 0.29) is 0 Å². The predicted octanol–water partition coefficient (Wildman–Crippen LogP) is 1.10. The van der Waals surface area contributed by atoms with Gasteiger partial charge in [-0.15, -0.1) is 0 Å². The molecule has 0 saturated carbocycles. The Hall–Kier alpha value is -2.30. The van der Waals surface area contributed by atoms with Gasteiger partial charge in [0.05, 0.1) is 0 Å². The molecule has 0 aliphatic carbocycles. The molecule has 5 heteroatoms. The zero-order valence-electron chi connectivity index (χ0n) is 7.70. The van der Waals surface area contributed by atoms with Crippen LogP contribution in [0.1, 0.15) is 0 Å². The first-order valence-corrected chi connectivity index (χ1v) is 3.90. The second-order valence-corrected chi connectivity index (χ2v) is 2.35. The molecule has 0 aliphatic rings. The van der Waals surface area contributed by atoms with Gasteiger partial charge in [0.1, 0.15) is 5.75 Å². The number of carboxylic acid groups (broad SMARTS) is 2. The van der Waals surface area contributed by atoms with Crippen molar-refractivity contribution in [2.75, 3.05) is 0 Å². The monoisotopic (exact) mass is 210 g/mol. The van der Waals surface area contributed by atoms with E-state index in [1.807, 2.05) is 6.07 Å². The molecule has 0 spiro atoms. The van der Waals surface area contributed by atoms with Crippen LogP contribution in [0.5, 0.6) is 5.75 Å². The van der Waals surface area contributed by atoms with Gasteiger partial charge in [-0.1, -0.05) is 18.2 Å². The van der Waals surface area contributed by atoms with Gasteiger partial charge in [-0.3, -0.25) is 0 Å². The Kier molecular flexibility index (Phi) is 6.04. The highest BCUT2D eigenvalue weighted by atomic mass is 16.4. The van der Waals surface area contributed by atoms with Gasteiger partial charge in [-0.05, 0) is 12.1 Å². The van der Waals surface area contributed by atoms with Gasteiger partial charge >= 0.3 is 11.9 Å². The Morgan fingerprint density at radius 3 is 1.53 bits per heavy atom. The lowest BCUT2D eigenvalue weighted by atomic mass is 10.3. The van der Waals surface area contributed by atoms with Crippen molar-refractivity contribution in [2.24, 2.45) is 0 Å². The van der Waals surface area contributed by atoms with E-state index in [1.54, 1.807) is 24.3 Å². The molecule has 80 valence electrons. The van der Waals surface area contributed by atoms with Crippen molar-refractivity contribution in [1.29, 1.82) is 0 Å². The van der Waals surface area contributed by atoms with E-state index < -0.39 is 11.9 Å². The lowest BCUT2D eigenvalue weighted by molar-refractivity contribution is -0.134. The fourth-order valence-corrected chi connectivity index (χ4v) is 0.571. The van der Waals surface area contributed by atoms with Gasteiger partial charge in [0, 0.05) is 12.2 Å². The van der Waals surface area contributed by atoms with Crippen LogP contribution in [0.3, 0.4) is 0 Å². The van der Waals surface area contributed by atoms with Gasteiger partial charge in [0.2, 0.25) is 0 Å². The lowest BCUT2D eigenvalue weighted by Gasteiger charge is -1.82. The molecule has 1 aromatic rings. The molecule has 1 aromatic carbocycles. The SMILES string of the molecule is O=C(O)/C=C/C(=O)O.Oc1ccccc1. The summed E-state index contributed by atoms with van der Waals surface area (Å²) >= 11 is 0. The number of carboxylic acids is 2. The number of hydrogen-bond donors (Lipinski definition) is 3. The number of phenols is 1. The summed E-state index contributed by atoms with van der Waals surface area (Å²) in [7, 11) is 0. The number of rotatable bonds is 2. The van der Waals surface area contributed by atoms with Crippen LogP contribution in [0.2, 0.25) is 0 Å². The molecule has 3 N–H and O–H groups in total. The number of aliphatic carboxylic acids is 2. The Labute approximate surface area is 85.9 Å². The summed E-state index contributed by atoms with van der Waals surface area (Å²) in [6, 6.07) is 8.71. The number of para-hydroxylation sites is 1. The third kappa shape index (κ3) is 9.62. The fourth-order valence-electron chi connectivity index (χ4n) is 0.571. The largest absolute Gasteiger partial charge is 0.508 e. The molecule has 1 rings (SSSR count). The van der Waals surface area contributed by atoms with Gasteiger partial charge < -0.3 is 15.3 Å². The molecule has 15 heavy (non-hydrogen) atoms. The second kappa shape index (κ2) is 7.14. The Morgan fingerprint density at radius 1 is 0.933 bits per heavy atom. The molecule has 0 saturated heterocycles. The topological polar surface area (TPSA) is 94.8 Å². The highest BCUT2D eigenvalue weighted by Crippen LogP contribution is 2.02. The highest BCUT2D eigenvalue weighted by molar-refractivity contribution is 5.89. The minimum atomic E-state index is -1.26. The summed E-state index contributed by atoms with van der Waals surface area (Å²) in [5.41, 5.74) is 0. The quantitative estimate of drug-likeness (QED) is 0.635. The Balaban J connectivity index is 0.000000262. The molecule has 0 aliphatic heterocycles. The lowest BCUT2D eigenvalue weighted by Crippen LogP contribution is -1.91. The predicted molar refractivity (Wildman–Crippen MR) is 52.5 cm³/mol. The number of hydrogen-bond acceptors (Lipinski definition) is 3. The minimum absolute atomic E-state index is 0.322. The first kappa shape index (κ1) is 12.7. The Morgan fingerprint density at radius 2 is 1.33 bits per heavy atom. The molecular weight excluding hydrogens is 200 g/mol. The van der Waals surface area contributed by atoms with Crippen LogP contribution in [-0.4, -0.2) is 27.3 Å². The summed E-state index contributed by atoms with van der Waals surface area (Å²) in [4.78, 5) is 19.1. The normalized spacial score (nSPS) is 9.07. The van der Waals surface area contributed by atoms with Crippen LogP contribution in [0.4, 0.5) is 0 Å². The number of aromatic hydroxyl groups is 1. The second-order valence-electron chi connectivity index (χ2n) is 2.35. The summed E-state index contributed by atoms with van der Waals surface area (Å²) in [6.07, 6.45) is 1.12. The minimum Gasteiger partial charge on any atom is -0.508 e. The van der Waals surface area contributed by atoms with Crippen LogP contribution < -0.4 is 0 Å². The van der Waals surface area contributed by atoms with Crippen LogP contribution >= 0.6 is 0 Å². The number of phenolic OH excluding ortho intramolecular Hbond substituents is 1. The molecule has 0 aromatic heterocycles. The number of benzene rings is 1. The van der Waals surface area contributed by atoms with E-state index in [0.29, 0.717) is 17.9 Å². The van der Waals surface area contributed by atoms with Crippen molar-refractivity contribution < 1.29 is 24.9 Å². The van der Waals surface area contributed by atoms with Crippen molar-refractivity contribution in [1.82, 2.24) is 0 Å². The molecule has 0 bridgehead atoms. The van der Waals surface area contributed by atoms with Crippen LogP contribution in [-0.2, 0) is 9.59 Å². The van der Waals surface area contributed by atoms with Crippen molar-refractivity contribution >= 4 is 11.9 Å². The van der Waals surface area contributed by atoms with E-state index in [9.17, 15) is 9.59 Å². The van der Waals surface area contributed by atoms with E-state index in [4.69, 9.17) is 15.3 Å². The van der Waals surface area contributed by atoms with Crippen molar-refractivity contribution in [2.45, 2.75) is 0 Å². The maximum Gasteiger partial charge on any atom is 0.328 e. The average molecular weight is 210 g/mol. The first-order valence-electron chi connectivity index (χ1n) is 3.90. The molecular formula is C10H10O5. The highest BCUT2D eigenvalue weighted by Gasteiger charge is 1.88. The summed E-state index contributed by atoms with van der Waals surface area (Å²) in [5, 5.41) is 24.3. The summed E-state index contributed by atoms with van der Waals surface area (Å²) < 4.78 is 0. The van der Waals surface area contributed by atoms with E-state index in [1.165, 1.54) is 0 Å². The maximum atomic E-state index is 9.55. The zero-order valence-corrected chi connectivity index (χ0v) is 7.70. The zero-order chi connectivity index (χ0) is 11.7. The van der Waals surface area contributed by atoms with Crippen molar-refractivity contribution in [3.63, 3.8) is 0 Å². The average Bonchev–Trinajstić information content (AvgIpc) is 2.17. The molecule has 0 radical (unpaired) electrons. The third-order valence-corrected chi connectivity index (χ3v) is 1.12. The fraction of sp³-hybridized carbons (Fsp3) is 0. The van der Waals surface area contributed by atoms with Gasteiger partial charge in [-0.25, -0.2) is 9.59 Å². The molecule has 0 atom stereocenters. The Bertz CT molecular complexity index is 326. The molecule has 0 unspecified atom stereocenters. The summed E-state index contributed by atoms with van der Waals surface area (Å²) in [5.74, 6) is -2.19. The van der Waals surface area contributed by atoms with Gasteiger partial charge in [0.15, 0.2) is 0 Å².